The predicted octanol–water partition coefficient (Wildman–Crippen LogP) is 2.96. The van der Waals surface area contributed by atoms with Gasteiger partial charge in [0.05, 0.1) is 6.54 Å². The Hall–Kier alpha value is -1.93. The van der Waals surface area contributed by atoms with Crippen LogP contribution in [0.4, 0.5) is 10.6 Å². The van der Waals surface area contributed by atoms with Crippen molar-refractivity contribution in [2.75, 3.05) is 25.5 Å². The standard InChI is InChI=1S/C17H23N5O2S/c1-12-11-24-20-15(12)19-16(23)22-6-3-17(4-7-22)9-13(17)21(2)10-14-18-5-8-25-14/h5,8,11,13H,3-4,6-7,9-10H2,1-2H3,(H,19,20,23)/t13-/m1/s1. The van der Waals surface area contributed by atoms with E-state index in [9.17, 15) is 4.79 Å². The molecule has 134 valence electrons. The molecule has 2 aromatic rings. The number of rotatable bonds is 4. The van der Waals surface area contributed by atoms with E-state index in [1.165, 1.54) is 17.7 Å². The third kappa shape index (κ3) is 3.28. The number of hydrogen-bond acceptors (Lipinski definition) is 6. The summed E-state index contributed by atoms with van der Waals surface area (Å²) >= 11 is 1.71. The molecule has 1 aliphatic carbocycles. The van der Waals surface area contributed by atoms with Gasteiger partial charge in [-0.25, -0.2) is 9.78 Å². The van der Waals surface area contributed by atoms with Crippen LogP contribution in [-0.2, 0) is 6.54 Å². The van der Waals surface area contributed by atoms with Crippen molar-refractivity contribution >= 4 is 23.2 Å². The monoisotopic (exact) mass is 361 g/mol. The molecule has 2 aliphatic rings. The molecule has 1 aliphatic heterocycles. The number of amides is 2. The molecule has 25 heavy (non-hydrogen) atoms. The number of hydrogen-bond donors (Lipinski definition) is 1. The number of nitrogens with zero attached hydrogens (tertiary/aromatic N) is 4. The minimum atomic E-state index is -0.0832. The first kappa shape index (κ1) is 16.5. The second-order valence-corrected chi connectivity index (χ2v) is 8.17. The van der Waals surface area contributed by atoms with E-state index in [0.29, 0.717) is 17.3 Å². The van der Waals surface area contributed by atoms with Gasteiger partial charge in [0, 0.05) is 36.3 Å². The molecule has 1 N–H and O–H groups in total. The summed E-state index contributed by atoms with van der Waals surface area (Å²) in [6.07, 6.45) is 6.75. The summed E-state index contributed by atoms with van der Waals surface area (Å²) in [6.45, 7) is 4.37. The Balaban J connectivity index is 1.29. The number of urea groups is 1. The summed E-state index contributed by atoms with van der Waals surface area (Å²) in [5.74, 6) is 0.512. The van der Waals surface area contributed by atoms with E-state index in [-0.39, 0.29) is 6.03 Å². The third-order valence-corrected chi connectivity index (χ3v) is 6.33. The highest BCUT2D eigenvalue weighted by Gasteiger charge is 2.56. The lowest BCUT2D eigenvalue weighted by Crippen LogP contribution is -2.43. The second kappa shape index (κ2) is 6.42. The number of thiazole rings is 1. The number of likely N-dealkylation sites (tertiary alicyclic amines) is 1. The minimum absolute atomic E-state index is 0.0832. The second-order valence-electron chi connectivity index (χ2n) is 7.19. The molecular formula is C17H23N5O2S. The van der Waals surface area contributed by atoms with Gasteiger partial charge in [0.25, 0.3) is 0 Å². The number of carbonyl (C=O) groups excluding carboxylic acids is 1. The SMILES string of the molecule is Cc1conc1NC(=O)N1CCC2(CC1)C[C@H]2N(C)Cc1nccs1. The van der Waals surface area contributed by atoms with Crippen molar-refractivity contribution in [2.24, 2.45) is 5.41 Å². The van der Waals surface area contributed by atoms with Gasteiger partial charge in [-0.3, -0.25) is 10.2 Å². The molecule has 1 saturated heterocycles. The first-order valence-corrected chi connectivity index (χ1v) is 9.51. The fourth-order valence-corrected chi connectivity index (χ4v) is 4.56. The highest BCUT2D eigenvalue weighted by molar-refractivity contribution is 7.09. The van der Waals surface area contributed by atoms with Crippen molar-refractivity contribution in [3.63, 3.8) is 0 Å². The fraction of sp³-hybridized carbons (Fsp3) is 0.588. The van der Waals surface area contributed by atoms with E-state index >= 15 is 0 Å². The van der Waals surface area contributed by atoms with Gasteiger partial charge in [0.2, 0.25) is 0 Å². The third-order valence-electron chi connectivity index (χ3n) is 5.57. The Morgan fingerprint density at radius 2 is 2.32 bits per heavy atom. The summed E-state index contributed by atoms with van der Waals surface area (Å²) < 4.78 is 4.87. The lowest BCUT2D eigenvalue weighted by atomic mass is 9.92. The number of nitrogens with one attached hydrogen (secondary N) is 1. The fourth-order valence-electron chi connectivity index (χ4n) is 3.88. The van der Waals surface area contributed by atoms with Crippen LogP contribution >= 0.6 is 11.3 Å². The van der Waals surface area contributed by atoms with Crippen LogP contribution in [0.15, 0.2) is 22.4 Å². The predicted molar refractivity (Wildman–Crippen MR) is 95.5 cm³/mol. The molecule has 2 amide bonds. The number of piperidine rings is 1. The van der Waals surface area contributed by atoms with Crippen LogP contribution in [-0.4, -0.2) is 52.2 Å². The van der Waals surface area contributed by atoms with Crippen LogP contribution in [0.25, 0.3) is 0 Å². The summed E-state index contributed by atoms with van der Waals surface area (Å²) in [7, 11) is 2.19. The minimum Gasteiger partial charge on any atom is -0.362 e. The zero-order valence-electron chi connectivity index (χ0n) is 14.6. The van der Waals surface area contributed by atoms with Crippen LogP contribution in [0.5, 0.6) is 0 Å². The number of aryl methyl sites for hydroxylation is 1. The van der Waals surface area contributed by atoms with Gasteiger partial charge >= 0.3 is 6.03 Å². The van der Waals surface area contributed by atoms with Crippen LogP contribution in [0.2, 0.25) is 0 Å². The van der Waals surface area contributed by atoms with Crippen molar-refractivity contribution in [2.45, 2.75) is 38.8 Å². The van der Waals surface area contributed by atoms with Gasteiger partial charge < -0.3 is 9.42 Å². The molecule has 2 fully saturated rings. The topological polar surface area (TPSA) is 74.5 Å². The van der Waals surface area contributed by atoms with E-state index in [4.69, 9.17) is 4.52 Å². The number of anilines is 1. The Labute approximate surface area is 151 Å². The van der Waals surface area contributed by atoms with Crippen molar-refractivity contribution in [1.29, 1.82) is 0 Å². The van der Waals surface area contributed by atoms with E-state index < -0.39 is 0 Å². The van der Waals surface area contributed by atoms with E-state index in [1.807, 2.05) is 23.4 Å². The Morgan fingerprint density at radius 3 is 2.96 bits per heavy atom. The Morgan fingerprint density at radius 1 is 1.52 bits per heavy atom. The van der Waals surface area contributed by atoms with E-state index in [2.05, 4.69) is 27.4 Å². The molecule has 0 radical (unpaired) electrons. The average molecular weight is 361 g/mol. The van der Waals surface area contributed by atoms with E-state index in [0.717, 1.165) is 38.0 Å². The van der Waals surface area contributed by atoms with Crippen LogP contribution in [0.3, 0.4) is 0 Å². The van der Waals surface area contributed by atoms with Gasteiger partial charge in [-0.15, -0.1) is 11.3 Å². The van der Waals surface area contributed by atoms with Gasteiger partial charge in [-0.05, 0) is 38.6 Å². The zero-order valence-corrected chi connectivity index (χ0v) is 15.4. The van der Waals surface area contributed by atoms with Gasteiger partial charge in [0.15, 0.2) is 5.82 Å². The number of carbonyl (C=O) groups is 1. The maximum atomic E-state index is 12.4. The van der Waals surface area contributed by atoms with Gasteiger partial charge in [0.1, 0.15) is 11.3 Å². The Bertz CT molecular complexity index is 736. The first-order chi connectivity index (χ1) is 12.1. The van der Waals surface area contributed by atoms with Crippen molar-refractivity contribution in [3.05, 3.63) is 28.4 Å². The van der Waals surface area contributed by atoms with E-state index in [1.54, 1.807) is 11.3 Å². The van der Waals surface area contributed by atoms with Crippen LogP contribution < -0.4 is 5.32 Å². The molecule has 0 aromatic carbocycles. The summed E-state index contributed by atoms with van der Waals surface area (Å²) in [6, 6.07) is 0.527. The molecule has 3 heterocycles. The molecule has 0 bridgehead atoms. The largest absolute Gasteiger partial charge is 0.362 e. The molecule has 4 rings (SSSR count). The normalized spacial score (nSPS) is 21.7. The molecule has 1 atom stereocenters. The van der Waals surface area contributed by atoms with Crippen molar-refractivity contribution in [1.82, 2.24) is 19.9 Å². The molecule has 1 saturated carbocycles. The molecule has 7 nitrogen and oxygen atoms in total. The first-order valence-electron chi connectivity index (χ1n) is 8.63. The average Bonchev–Trinajstić information content (AvgIpc) is 2.92. The summed E-state index contributed by atoms with van der Waals surface area (Å²) in [5.41, 5.74) is 1.22. The molecule has 1 spiro atoms. The maximum Gasteiger partial charge on any atom is 0.323 e. The van der Waals surface area contributed by atoms with Crippen LogP contribution in [0.1, 0.15) is 29.8 Å². The lowest BCUT2D eigenvalue weighted by molar-refractivity contribution is 0.156. The van der Waals surface area contributed by atoms with Crippen molar-refractivity contribution < 1.29 is 9.32 Å². The maximum absolute atomic E-state index is 12.4. The lowest BCUT2D eigenvalue weighted by Gasteiger charge is -2.34. The van der Waals surface area contributed by atoms with Crippen LogP contribution in [0, 0.1) is 12.3 Å². The molecule has 0 unspecified atom stereocenters. The molecular weight excluding hydrogens is 338 g/mol. The molecule has 2 aromatic heterocycles. The smallest absolute Gasteiger partial charge is 0.323 e. The van der Waals surface area contributed by atoms with Crippen molar-refractivity contribution in [3.8, 4) is 0 Å². The highest BCUT2D eigenvalue weighted by atomic mass is 32.1. The van der Waals surface area contributed by atoms with Gasteiger partial charge in [-0.1, -0.05) is 5.16 Å². The number of aromatic nitrogens is 2. The van der Waals surface area contributed by atoms with Gasteiger partial charge in [-0.2, -0.15) is 0 Å². The Kier molecular flexibility index (Phi) is 4.24. The summed E-state index contributed by atoms with van der Waals surface area (Å²) in [4.78, 5) is 21.1. The highest BCUT2D eigenvalue weighted by Crippen LogP contribution is 2.56. The quantitative estimate of drug-likeness (QED) is 0.906. The molecule has 8 heteroatoms. The summed E-state index contributed by atoms with van der Waals surface area (Å²) in [5, 5.41) is 9.85. The zero-order chi connectivity index (χ0) is 17.4.